The fourth-order valence-corrected chi connectivity index (χ4v) is 2.52. The summed E-state index contributed by atoms with van der Waals surface area (Å²) in [4.78, 5) is 25.7. The standard InChI is InChI=1S/C15H19NO4/c1-9-4-5-10(2)12(6-9)14(18)16-8-11(17)7-13(16)15(19)20-3/h4-6,11,13,17H,7-8H2,1-3H3. The maximum atomic E-state index is 12.6. The summed E-state index contributed by atoms with van der Waals surface area (Å²) >= 11 is 0. The predicted octanol–water partition coefficient (Wildman–Crippen LogP) is 1.05. The largest absolute Gasteiger partial charge is 0.467 e. The van der Waals surface area contributed by atoms with E-state index < -0.39 is 18.1 Å². The van der Waals surface area contributed by atoms with E-state index in [-0.39, 0.29) is 18.9 Å². The number of amides is 1. The van der Waals surface area contributed by atoms with E-state index in [2.05, 4.69) is 0 Å². The Morgan fingerprint density at radius 3 is 2.70 bits per heavy atom. The smallest absolute Gasteiger partial charge is 0.328 e. The van der Waals surface area contributed by atoms with Gasteiger partial charge in [-0.25, -0.2) is 4.79 Å². The molecule has 1 N–H and O–H groups in total. The highest BCUT2D eigenvalue weighted by Crippen LogP contribution is 2.23. The summed E-state index contributed by atoms with van der Waals surface area (Å²) in [6.07, 6.45) is -0.461. The lowest BCUT2D eigenvalue weighted by molar-refractivity contribution is -0.145. The van der Waals surface area contributed by atoms with Crippen molar-refractivity contribution in [3.05, 3.63) is 34.9 Å². The molecule has 0 saturated carbocycles. The molecule has 1 aromatic carbocycles. The Balaban J connectivity index is 2.31. The molecule has 1 aliphatic heterocycles. The Labute approximate surface area is 118 Å². The molecule has 1 heterocycles. The zero-order valence-corrected chi connectivity index (χ0v) is 11.9. The van der Waals surface area contributed by atoms with Gasteiger partial charge < -0.3 is 14.7 Å². The molecule has 2 unspecified atom stereocenters. The lowest BCUT2D eigenvalue weighted by Gasteiger charge is -2.23. The molecule has 2 rings (SSSR count). The first-order valence-electron chi connectivity index (χ1n) is 6.58. The number of benzene rings is 1. The highest BCUT2D eigenvalue weighted by Gasteiger charge is 2.40. The lowest BCUT2D eigenvalue weighted by atomic mass is 10.0. The van der Waals surface area contributed by atoms with Gasteiger partial charge in [-0.15, -0.1) is 0 Å². The van der Waals surface area contributed by atoms with E-state index in [4.69, 9.17) is 4.74 Å². The van der Waals surface area contributed by atoms with Crippen LogP contribution in [0.4, 0.5) is 0 Å². The van der Waals surface area contributed by atoms with E-state index in [0.29, 0.717) is 5.56 Å². The summed E-state index contributed by atoms with van der Waals surface area (Å²) < 4.78 is 4.71. The minimum atomic E-state index is -0.706. The molecule has 20 heavy (non-hydrogen) atoms. The maximum absolute atomic E-state index is 12.6. The van der Waals surface area contributed by atoms with Crippen molar-refractivity contribution in [1.29, 1.82) is 0 Å². The van der Waals surface area contributed by atoms with Gasteiger partial charge in [-0.2, -0.15) is 0 Å². The van der Waals surface area contributed by atoms with Crippen LogP contribution in [0.3, 0.4) is 0 Å². The summed E-state index contributed by atoms with van der Waals surface area (Å²) in [5, 5.41) is 9.73. The van der Waals surface area contributed by atoms with E-state index in [1.807, 2.05) is 26.0 Å². The van der Waals surface area contributed by atoms with Crippen LogP contribution in [0, 0.1) is 13.8 Å². The Morgan fingerprint density at radius 2 is 2.05 bits per heavy atom. The molecule has 1 aromatic rings. The van der Waals surface area contributed by atoms with Gasteiger partial charge in [0.2, 0.25) is 0 Å². The number of likely N-dealkylation sites (tertiary alicyclic amines) is 1. The second-order valence-electron chi connectivity index (χ2n) is 5.20. The normalized spacial score (nSPS) is 21.9. The molecular formula is C15H19NO4. The average molecular weight is 277 g/mol. The van der Waals surface area contributed by atoms with Gasteiger partial charge in [0.05, 0.1) is 13.2 Å². The van der Waals surface area contributed by atoms with E-state index in [1.54, 1.807) is 6.07 Å². The van der Waals surface area contributed by atoms with E-state index in [1.165, 1.54) is 12.0 Å². The minimum Gasteiger partial charge on any atom is -0.467 e. The average Bonchev–Trinajstić information content (AvgIpc) is 2.82. The van der Waals surface area contributed by atoms with Gasteiger partial charge in [0, 0.05) is 18.5 Å². The molecule has 0 aliphatic carbocycles. The van der Waals surface area contributed by atoms with E-state index in [0.717, 1.165) is 11.1 Å². The van der Waals surface area contributed by atoms with Gasteiger partial charge in [-0.3, -0.25) is 4.79 Å². The lowest BCUT2D eigenvalue weighted by Crippen LogP contribution is -2.41. The molecule has 5 nitrogen and oxygen atoms in total. The van der Waals surface area contributed by atoms with Gasteiger partial charge in [0.25, 0.3) is 5.91 Å². The maximum Gasteiger partial charge on any atom is 0.328 e. The van der Waals surface area contributed by atoms with Crippen molar-refractivity contribution in [3.63, 3.8) is 0 Å². The molecule has 5 heteroatoms. The molecule has 0 spiro atoms. The van der Waals surface area contributed by atoms with Crippen molar-refractivity contribution in [2.45, 2.75) is 32.4 Å². The Morgan fingerprint density at radius 1 is 1.35 bits per heavy atom. The quantitative estimate of drug-likeness (QED) is 0.821. The fourth-order valence-electron chi connectivity index (χ4n) is 2.52. The number of esters is 1. The van der Waals surface area contributed by atoms with Crippen LogP contribution >= 0.6 is 0 Å². The molecule has 1 amide bonds. The summed E-state index contributed by atoms with van der Waals surface area (Å²) in [5.74, 6) is -0.724. The number of methoxy groups -OCH3 is 1. The molecule has 108 valence electrons. The third-order valence-corrected chi connectivity index (χ3v) is 3.64. The number of aliphatic hydroxyl groups excluding tert-OH is 1. The minimum absolute atomic E-state index is 0.159. The number of aryl methyl sites for hydroxylation is 2. The van der Waals surface area contributed by atoms with Gasteiger partial charge >= 0.3 is 5.97 Å². The summed E-state index contributed by atoms with van der Waals surface area (Å²) in [7, 11) is 1.29. The zero-order valence-electron chi connectivity index (χ0n) is 11.9. The SMILES string of the molecule is COC(=O)C1CC(O)CN1C(=O)c1cc(C)ccc1C. The first-order valence-corrected chi connectivity index (χ1v) is 6.58. The fraction of sp³-hybridized carbons (Fsp3) is 0.467. The zero-order chi connectivity index (χ0) is 14.9. The summed E-state index contributed by atoms with van der Waals surface area (Å²) in [6, 6.07) is 4.91. The predicted molar refractivity (Wildman–Crippen MR) is 73.4 cm³/mol. The third kappa shape index (κ3) is 2.67. The van der Waals surface area contributed by atoms with Gasteiger partial charge in [0.15, 0.2) is 0 Å². The Hall–Kier alpha value is -1.88. The number of carbonyl (C=O) groups excluding carboxylic acids is 2. The van der Waals surface area contributed by atoms with Crippen molar-refractivity contribution >= 4 is 11.9 Å². The van der Waals surface area contributed by atoms with Gasteiger partial charge in [-0.05, 0) is 25.5 Å². The highest BCUT2D eigenvalue weighted by molar-refractivity contribution is 5.98. The number of hydrogen-bond donors (Lipinski definition) is 1. The van der Waals surface area contributed by atoms with Gasteiger partial charge in [-0.1, -0.05) is 17.7 Å². The molecule has 1 saturated heterocycles. The molecule has 0 aromatic heterocycles. The Kier molecular flexibility index (Phi) is 4.09. The second-order valence-corrected chi connectivity index (χ2v) is 5.20. The summed E-state index contributed by atoms with van der Waals surface area (Å²) in [6.45, 7) is 3.92. The second kappa shape index (κ2) is 5.63. The van der Waals surface area contributed by atoms with Crippen molar-refractivity contribution in [1.82, 2.24) is 4.90 Å². The molecule has 0 radical (unpaired) electrons. The van der Waals surface area contributed by atoms with Crippen LogP contribution in [0.25, 0.3) is 0 Å². The number of aliphatic hydroxyl groups is 1. The van der Waals surface area contributed by atoms with Crippen LogP contribution in [-0.2, 0) is 9.53 Å². The van der Waals surface area contributed by atoms with Crippen LogP contribution in [0.15, 0.2) is 18.2 Å². The molecular weight excluding hydrogens is 258 g/mol. The topological polar surface area (TPSA) is 66.8 Å². The number of rotatable bonds is 2. The number of carbonyl (C=O) groups is 2. The van der Waals surface area contributed by atoms with Crippen molar-refractivity contribution in [2.24, 2.45) is 0 Å². The van der Waals surface area contributed by atoms with Gasteiger partial charge in [0.1, 0.15) is 6.04 Å². The van der Waals surface area contributed by atoms with Crippen LogP contribution in [-0.4, -0.2) is 47.7 Å². The molecule has 2 atom stereocenters. The van der Waals surface area contributed by atoms with Crippen LogP contribution in [0.1, 0.15) is 27.9 Å². The monoisotopic (exact) mass is 277 g/mol. The first-order chi connectivity index (χ1) is 9.43. The summed E-state index contributed by atoms with van der Waals surface area (Å²) in [5.41, 5.74) is 2.40. The Bertz CT molecular complexity index is 541. The van der Waals surface area contributed by atoms with Crippen molar-refractivity contribution in [2.75, 3.05) is 13.7 Å². The number of hydrogen-bond acceptors (Lipinski definition) is 4. The first kappa shape index (κ1) is 14.5. The van der Waals surface area contributed by atoms with E-state index in [9.17, 15) is 14.7 Å². The van der Waals surface area contributed by atoms with Crippen LogP contribution in [0.2, 0.25) is 0 Å². The van der Waals surface area contributed by atoms with Crippen LogP contribution < -0.4 is 0 Å². The van der Waals surface area contributed by atoms with Crippen molar-refractivity contribution in [3.8, 4) is 0 Å². The molecule has 1 aliphatic rings. The molecule has 0 bridgehead atoms. The third-order valence-electron chi connectivity index (χ3n) is 3.64. The van der Waals surface area contributed by atoms with Crippen LogP contribution in [0.5, 0.6) is 0 Å². The number of ether oxygens (including phenoxy) is 1. The number of β-amino-alcohol motifs (C(OH)–C–C–N with tert-alkyl or cyclic N) is 1. The highest BCUT2D eigenvalue weighted by atomic mass is 16.5. The van der Waals surface area contributed by atoms with E-state index >= 15 is 0 Å². The molecule has 1 fully saturated rings. The number of nitrogens with zero attached hydrogens (tertiary/aromatic N) is 1. The van der Waals surface area contributed by atoms with Crippen molar-refractivity contribution < 1.29 is 19.4 Å².